The Balaban J connectivity index is 1.31. The van der Waals surface area contributed by atoms with Gasteiger partial charge in [0, 0.05) is 41.0 Å². The van der Waals surface area contributed by atoms with Gasteiger partial charge < -0.3 is 9.30 Å². The Morgan fingerprint density at radius 1 is 0.870 bits per heavy atom. The van der Waals surface area contributed by atoms with Crippen molar-refractivity contribution < 1.29 is 4.74 Å². The van der Waals surface area contributed by atoms with Crippen LogP contribution in [0.1, 0.15) is 96.2 Å². The molecule has 4 aromatic rings. The van der Waals surface area contributed by atoms with Crippen LogP contribution in [-0.2, 0) is 11.8 Å². The number of allylic oxidation sites excluding steroid dienone is 5. The second-order valence-electron chi connectivity index (χ2n) is 15.3. The lowest BCUT2D eigenvalue weighted by Crippen LogP contribution is -2.42. The van der Waals surface area contributed by atoms with E-state index in [-0.39, 0.29) is 5.60 Å². The van der Waals surface area contributed by atoms with Gasteiger partial charge in [0.1, 0.15) is 0 Å². The zero-order valence-electron chi connectivity index (χ0n) is 29.5. The SMILES string of the molecule is CCCCC1=CC([Si](C)(CCCCCCOC(C)(C)C)C2C(C)=Cc3c(-c4ccc5c(c4)c4ccccc4n5C)cccc32)C=C1. The fourth-order valence-corrected chi connectivity index (χ4v) is 13.6. The van der Waals surface area contributed by atoms with Gasteiger partial charge in [-0.2, -0.15) is 0 Å². The van der Waals surface area contributed by atoms with Crippen LogP contribution < -0.4 is 0 Å². The van der Waals surface area contributed by atoms with Gasteiger partial charge in [0.25, 0.3) is 0 Å². The Hall–Kier alpha value is -3.14. The van der Waals surface area contributed by atoms with Crippen LogP contribution in [0.5, 0.6) is 0 Å². The van der Waals surface area contributed by atoms with E-state index in [2.05, 4.69) is 138 Å². The Labute approximate surface area is 279 Å². The number of para-hydroxylation sites is 1. The number of nitrogens with zero attached hydrogens (tertiary/aromatic N) is 1. The number of hydrogen-bond acceptors (Lipinski definition) is 1. The highest BCUT2D eigenvalue weighted by Gasteiger charge is 2.46. The van der Waals surface area contributed by atoms with Gasteiger partial charge in [-0.1, -0.05) is 123 Å². The molecule has 3 unspecified atom stereocenters. The van der Waals surface area contributed by atoms with Crippen LogP contribution in [0.2, 0.25) is 18.1 Å². The van der Waals surface area contributed by atoms with Crippen molar-refractivity contribution in [3.05, 3.63) is 101 Å². The molecule has 0 saturated heterocycles. The molecule has 2 nitrogen and oxygen atoms in total. The Morgan fingerprint density at radius 3 is 2.46 bits per heavy atom. The lowest BCUT2D eigenvalue weighted by atomic mass is 9.96. The molecule has 0 radical (unpaired) electrons. The van der Waals surface area contributed by atoms with E-state index >= 15 is 0 Å². The summed E-state index contributed by atoms with van der Waals surface area (Å²) in [6.45, 7) is 14.8. The van der Waals surface area contributed by atoms with Crippen LogP contribution in [0.3, 0.4) is 0 Å². The average Bonchev–Trinajstić information content (AvgIpc) is 3.73. The van der Waals surface area contributed by atoms with Crippen molar-refractivity contribution in [1.82, 2.24) is 4.57 Å². The Bertz CT molecular complexity index is 1800. The first kappa shape index (κ1) is 32.8. The molecule has 3 heteroatoms. The molecule has 2 aliphatic carbocycles. The summed E-state index contributed by atoms with van der Waals surface area (Å²) >= 11 is 0. The number of unbranched alkanes of at least 4 members (excludes halogenated alkanes) is 4. The minimum absolute atomic E-state index is 0.0403. The quantitative estimate of drug-likeness (QED) is 0.106. The fourth-order valence-electron chi connectivity index (χ4n) is 8.38. The third kappa shape index (κ3) is 6.51. The largest absolute Gasteiger partial charge is 0.376 e. The van der Waals surface area contributed by atoms with E-state index in [1.807, 2.05) is 0 Å². The van der Waals surface area contributed by atoms with Gasteiger partial charge in [-0.15, -0.1) is 0 Å². The smallest absolute Gasteiger partial charge is 0.0740 e. The Morgan fingerprint density at radius 2 is 1.65 bits per heavy atom. The summed E-state index contributed by atoms with van der Waals surface area (Å²) in [7, 11) is 0.343. The fraction of sp³-hybridized carbons (Fsp3) is 0.442. The van der Waals surface area contributed by atoms with Gasteiger partial charge in [-0.3, -0.25) is 0 Å². The van der Waals surface area contributed by atoms with Gasteiger partial charge in [-0.25, -0.2) is 0 Å². The summed E-state index contributed by atoms with van der Waals surface area (Å²) < 4.78 is 8.34. The predicted octanol–water partition coefficient (Wildman–Crippen LogP) is 12.5. The third-order valence-electron chi connectivity index (χ3n) is 10.8. The molecule has 1 heterocycles. The van der Waals surface area contributed by atoms with Crippen LogP contribution in [0.15, 0.2) is 90.0 Å². The first-order chi connectivity index (χ1) is 22.1. The highest BCUT2D eigenvalue weighted by atomic mass is 28.3. The van der Waals surface area contributed by atoms with Crippen LogP contribution in [0.4, 0.5) is 0 Å². The van der Waals surface area contributed by atoms with E-state index in [0.29, 0.717) is 11.1 Å². The zero-order chi connectivity index (χ0) is 32.5. The summed E-state index contributed by atoms with van der Waals surface area (Å²) in [5, 5.41) is 2.68. The molecule has 0 fully saturated rings. The van der Waals surface area contributed by atoms with Crippen molar-refractivity contribution in [2.75, 3.05) is 6.61 Å². The van der Waals surface area contributed by atoms with Crippen LogP contribution >= 0.6 is 0 Å². The lowest BCUT2D eigenvalue weighted by Gasteiger charge is -2.39. The molecule has 242 valence electrons. The van der Waals surface area contributed by atoms with Gasteiger partial charge in [0.2, 0.25) is 0 Å². The van der Waals surface area contributed by atoms with E-state index in [4.69, 9.17) is 4.74 Å². The lowest BCUT2D eigenvalue weighted by molar-refractivity contribution is -0.00471. The third-order valence-corrected chi connectivity index (χ3v) is 16.2. The summed E-state index contributed by atoms with van der Waals surface area (Å²) in [6.07, 6.45) is 19.1. The Kier molecular flexibility index (Phi) is 9.64. The first-order valence-corrected chi connectivity index (χ1v) is 20.8. The molecule has 0 aliphatic heterocycles. The second kappa shape index (κ2) is 13.5. The van der Waals surface area contributed by atoms with E-state index in [1.165, 1.54) is 83.1 Å². The van der Waals surface area contributed by atoms with Crippen LogP contribution in [-0.4, -0.2) is 24.8 Å². The number of aryl methyl sites for hydroxylation is 1. The van der Waals surface area contributed by atoms with Crippen molar-refractivity contribution >= 4 is 36.0 Å². The number of rotatable bonds is 13. The maximum atomic E-state index is 6.01. The molecule has 0 bridgehead atoms. The standard InChI is InChI=1S/C43H55NOSi/c1-8-9-17-32-22-24-34(29-32)46(7,27-15-11-10-14-26-45-43(3,4)5)42-31(2)28-38-35(19-16-20-37(38)42)33-23-25-41-39(30-33)36-18-12-13-21-40(36)44(41)6/h12-13,16,18-25,28-30,34,42H,8-11,14-15,17,26-27H2,1-7H3. The van der Waals surface area contributed by atoms with Gasteiger partial charge in [-0.05, 0) is 93.0 Å². The number of benzene rings is 3. The highest BCUT2D eigenvalue weighted by molar-refractivity contribution is 6.83. The predicted molar refractivity (Wildman–Crippen MR) is 203 cm³/mol. The van der Waals surface area contributed by atoms with Crippen LogP contribution in [0.25, 0.3) is 39.0 Å². The summed E-state index contributed by atoms with van der Waals surface area (Å²) in [6, 6.07) is 24.4. The highest BCUT2D eigenvalue weighted by Crippen LogP contribution is 2.53. The molecule has 46 heavy (non-hydrogen) atoms. The molecule has 0 N–H and O–H groups in total. The normalized spacial score (nSPS) is 19.1. The second-order valence-corrected chi connectivity index (χ2v) is 20.1. The molecule has 3 atom stereocenters. The minimum Gasteiger partial charge on any atom is -0.376 e. The molecule has 6 rings (SSSR count). The molecule has 3 aromatic carbocycles. The van der Waals surface area contributed by atoms with Gasteiger partial charge in [0.05, 0.1) is 13.7 Å². The van der Waals surface area contributed by atoms with Crippen molar-refractivity contribution in [2.24, 2.45) is 7.05 Å². The van der Waals surface area contributed by atoms with Crippen molar-refractivity contribution in [3.8, 4) is 11.1 Å². The van der Waals surface area contributed by atoms with Crippen molar-refractivity contribution in [2.45, 2.75) is 109 Å². The minimum atomic E-state index is -1.84. The molecular weight excluding hydrogens is 575 g/mol. The van der Waals surface area contributed by atoms with Gasteiger partial charge >= 0.3 is 0 Å². The summed E-state index contributed by atoms with van der Waals surface area (Å²) in [5.74, 6) is 0. The van der Waals surface area contributed by atoms with Crippen molar-refractivity contribution in [3.63, 3.8) is 0 Å². The van der Waals surface area contributed by atoms with Crippen molar-refractivity contribution in [1.29, 1.82) is 0 Å². The average molecular weight is 630 g/mol. The number of aromatic nitrogens is 1. The molecule has 0 amide bonds. The maximum Gasteiger partial charge on any atom is 0.0740 e. The zero-order valence-corrected chi connectivity index (χ0v) is 30.5. The molecule has 2 aliphatic rings. The topological polar surface area (TPSA) is 14.2 Å². The number of ether oxygens (including phenoxy) is 1. The van der Waals surface area contributed by atoms with Gasteiger partial charge in [0.15, 0.2) is 0 Å². The van der Waals surface area contributed by atoms with E-state index in [9.17, 15) is 0 Å². The molecule has 0 spiro atoms. The first-order valence-electron chi connectivity index (χ1n) is 17.9. The van der Waals surface area contributed by atoms with E-state index < -0.39 is 8.07 Å². The van der Waals surface area contributed by atoms with E-state index in [1.54, 1.807) is 16.7 Å². The number of hydrogen-bond donors (Lipinski definition) is 0. The molecule has 1 aromatic heterocycles. The van der Waals surface area contributed by atoms with E-state index in [0.717, 1.165) is 13.0 Å². The molecular formula is C43H55NOSi. The maximum absolute atomic E-state index is 6.01. The molecule has 0 saturated carbocycles. The number of fused-ring (bicyclic) bond motifs is 4. The van der Waals surface area contributed by atoms with Crippen LogP contribution in [0, 0.1) is 0 Å². The summed E-state index contributed by atoms with van der Waals surface area (Å²) in [5.41, 5.74) is 12.6. The summed E-state index contributed by atoms with van der Waals surface area (Å²) in [4.78, 5) is 0. The monoisotopic (exact) mass is 629 g/mol.